The first kappa shape index (κ1) is 22.2. The molecule has 0 saturated heterocycles. The summed E-state index contributed by atoms with van der Waals surface area (Å²) in [4.78, 5) is 28.5. The summed E-state index contributed by atoms with van der Waals surface area (Å²) in [6.45, 7) is 6.86. The van der Waals surface area contributed by atoms with Crippen molar-refractivity contribution in [2.24, 2.45) is 5.92 Å². The van der Waals surface area contributed by atoms with Crippen LogP contribution in [0.4, 0.5) is 0 Å². The molecule has 8 heteroatoms. The fourth-order valence-corrected chi connectivity index (χ4v) is 1.19. The lowest BCUT2D eigenvalue weighted by Gasteiger charge is -2.09. The molecule has 0 unspecified atom stereocenters. The largest absolute Gasteiger partial charge is 0.692 e. The lowest BCUT2D eigenvalue weighted by molar-refractivity contribution is 0.403. The van der Waals surface area contributed by atoms with E-state index in [1.165, 1.54) is 32.1 Å². The molecule has 0 aromatic carbocycles. The molecule has 0 aromatic heterocycles. The molecular formula is C9H24O6P2+2. The average Bonchev–Trinajstić information content (AvgIpc) is 2.18. The van der Waals surface area contributed by atoms with Crippen LogP contribution < -0.4 is 0 Å². The lowest BCUT2D eigenvalue weighted by Crippen LogP contribution is -1.95. The van der Waals surface area contributed by atoms with Gasteiger partial charge in [-0.05, 0) is 5.92 Å². The standard InChI is InChI=1S/C9H20.2HO3P/c1-4-7-8-9(5-2)6-3;2*1-4(2)3/h9H,4-8H2,1-3H3;2*(H-,1,2,3)/p+2. The summed E-state index contributed by atoms with van der Waals surface area (Å²) < 4.78 is 17.4. The number of unbranched alkanes of at least 4 members (excludes halogenated alkanes) is 1. The Balaban J connectivity index is -0.000000205. The molecule has 0 saturated carbocycles. The average molecular weight is 290 g/mol. The third kappa shape index (κ3) is 48.9. The molecule has 0 heterocycles. The van der Waals surface area contributed by atoms with E-state index in [9.17, 15) is 0 Å². The second-order valence-corrected chi connectivity index (χ2v) is 4.34. The molecule has 17 heavy (non-hydrogen) atoms. The van der Waals surface area contributed by atoms with Crippen LogP contribution in [0.2, 0.25) is 0 Å². The van der Waals surface area contributed by atoms with Gasteiger partial charge in [0.25, 0.3) is 0 Å². The molecule has 4 N–H and O–H groups in total. The van der Waals surface area contributed by atoms with Gasteiger partial charge in [0, 0.05) is 9.13 Å². The van der Waals surface area contributed by atoms with Crippen molar-refractivity contribution < 1.29 is 28.7 Å². The molecule has 0 spiro atoms. The highest BCUT2D eigenvalue weighted by molar-refractivity contribution is 7.31. The minimum absolute atomic E-state index is 1.00. The number of hydrogen-bond acceptors (Lipinski definition) is 2. The molecule has 0 aliphatic rings. The van der Waals surface area contributed by atoms with Crippen LogP contribution in [0.25, 0.3) is 0 Å². The van der Waals surface area contributed by atoms with Crippen molar-refractivity contribution in [3.63, 3.8) is 0 Å². The van der Waals surface area contributed by atoms with Crippen LogP contribution in [0.15, 0.2) is 0 Å². The van der Waals surface area contributed by atoms with Gasteiger partial charge in [0.15, 0.2) is 0 Å². The fraction of sp³-hybridized carbons (Fsp3) is 1.00. The van der Waals surface area contributed by atoms with Gasteiger partial charge >= 0.3 is 16.5 Å². The van der Waals surface area contributed by atoms with Crippen LogP contribution in [-0.4, -0.2) is 19.6 Å². The monoisotopic (exact) mass is 290 g/mol. The normalized spacial score (nSPS) is 8.71. The second kappa shape index (κ2) is 18.4. The minimum atomic E-state index is -2.87. The first-order chi connectivity index (χ1) is 7.81. The highest BCUT2D eigenvalue weighted by Gasteiger charge is 2.00. The van der Waals surface area contributed by atoms with Gasteiger partial charge in [-0.25, -0.2) is 0 Å². The van der Waals surface area contributed by atoms with Gasteiger partial charge in [-0.1, -0.05) is 52.9 Å². The Morgan fingerprint density at radius 2 is 1.18 bits per heavy atom. The van der Waals surface area contributed by atoms with Crippen LogP contribution >= 0.6 is 16.5 Å². The van der Waals surface area contributed by atoms with E-state index in [2.05, 4.69) is 20.8 Å². The molecule has 0 bridgehead atoms. The summed E-state index contributed by atoms with van der Waals surface area (Å²) in [6, 6.07) is 0. The van der Waals surface area contributed by atoms with Crippen molar-refractivity contribution in [1.82, 2.24) is 0 Å². The van der Waals surface area contributed by atoms with Gasteiger partial charge in [0.2, 0.25) is 0 Å². The zero-order valence-electron chi connectivity index (χ0n) is 10.6. The quantitative estimate of drug-likeness (QED) is 0.579. The van der Waals surface area contributed by atoms with Gasteiger partial charge in [0.1, 0.15) is 0 Å². The van der Waals surface area contributed by atoms with E-state index < -0.39 is 16.5 Å². The van der Waals surface area contributed by atoms with E-state index in [0.717, 1.165) is 5.92 Å². The van der Waals surface area contributed by atoms with Crippen LogP contribution in [0, 0.1) is 5.92 Å². The zero-order valence-corrected chi connectivity index (χ0v) is 12.4. The highest BCUT2D eigenvalue weighted by atomic mass is 31.1. The summed E-state index contributed by atoms with van der Waals surface area (Å²) in [5.41, 5.74) is 0. The molecule has 0 aliphatic heterocycles. The van der Waals surface area contributed by atoms with E-state index in [1.54, 1.807) is 0 Å². The van der Waals surface area contributed by atoms with Crippen molar-refractivity contribution in [1.29, 1.82) is 0 Å². The van der Waals surface area contributed by atoms with Crippen molar-refractivity contribution >= 4 is 16.5 Å². The summed E-state index contributed by atoms with van der Waals surface area (Å²) in [5, 5.41) is 0. The van der Waals surface area contributed by atoms with Crippen LogP contribution in [0.1, 0.15) is 52.9 Å². The summed E-state index contributed by atoms with van der Waals surface area (Å²) in [5.74, 6) is 1.00. The molecule has 0 atom stereocenters. The predicted octanol–water partition coefficient (Wildman–Crippen LogP) is 2.87. The molecule has 0 aliphatic carbocycles. The van der Waals surface area contributed by atoms with Crippen molar-refractivity contribution in [3.8, 4) is 0 Å². The van der Waals surface area contributed by atoms with Gasteiger partial charge in [-0.15, -0.1) is 19.6 Å². The van der Waals surface area contributed by atoms with E-state index in [0.29, 0.717) is 0 Å². The van der Waals surface area contributed by atoms with Crippen LogP contribution in [-0.2, 0) is 9.13 Å². The Morgan fingerprint density at radius 3 is 1.35 bits per heavy atom. The highest BCUT2D eigenvalue weighted by Crippen LogP contribution is 2.15. The number of rotatable bonds is 5. The smallest absolute Gasteiger partial charge is 0.134 e. The topological polar surface area (TPSA) is 115 Å². The summed E-state index contributed by atoms with van der Waals surface area (Å²) in [7, 11) is -5.74. The lowest BCUT2D eigenvalue weighted by atomic mass is 9.97. The zero-order chi connectivity index (χ0) is 14.3. The maximum absolute atomic E-state index is 8.70. The van der Waals surface area contributed by atoms with Crippen LogP contribution in [0.5, 0.6) is 0 Å². The molecule has 0 radical (unpaired) electrons. The Kier molecular flexibility index (Phi) is 24.1. The molecule has 0 aromatic rings. The SMILES string of the molecule is CCCCC(CC)CC.O=[P+](O)O.O=[P+](O)O. The van der Waals surface area contributed by atoms with Gasteiger partial charge in [-0.3, -0.25) is 0 Å². The third-order valence-electron chi connectivity index (χ3n) is 2.12. The van der Waals surface area contributed by atoms with Crippen LogP contribution in [0.3, 0.4) is 0 Å². The third-order valence-corrected chi connectivity index (χ3v) is 2.12. The second-order valence-electron chi connectivity index (χ2n) is 3.33. The molecule has 0 fully saturated rings. The first-order valence-corrected chi connectivity index (χ1v) is 7.84. The molecule has 0 amide bonds. The molecular weight excluding hydrogens is 266 g/mol. The first-order valence-electron chi connectivity index (χ1n) is 5.51. The van der Waals surface area contributed by atoms with E-state index in [4.69, 9.17) is 28.7 Å². The van der Waals surface area contributed by atoms with E-state index in [-0.39, 0.29) is 0 Å². The minimum Gasteiger partial charge on any atom is -0.134 e. The summed E-state index contributed by atoms with van der Waals surface area (Å²) >= 11 is 0. The van der Waals surface area contributed by atoms with Crippen molar-refractivity contribution in [2.45, 2.75) is 52.9 Å². The Hall–Kier alpha value is 0.0400. The van der Waals surface area contributed by atoms with Gasteiger partial charge in [0.05, 0.1) is 0 Å². The summed E-state index contributed by atoms with van der Waals surface area (Å²) in [6.07, 6.45) is 6.97. The van der Waals surface area contributed by atoms with Crippen molar-refractivity contribution in [2.75, 3.05) is 0 Å². The number of hydrogen-bond donors (Lipinski definition) is 4. The van der Waals surface area contributed by atoms with Crippen molar-refractivity contribution in [3.05, 3.63) is 0 Å². The maximum Gasteiger partial charge on any atom is 0.692 e. The van der Waals surface area contributed by atoms with E-state index >= 15 is 0 Å². The van der Waals surface area contributed by atoms with E-state index in [1.807, 2.05) is 0 Å². The predicted molar refractivity (Wildman–Crippen MR) is 67.7 cm³/mol. The molecule has 0 rings (SSSR count). The Labute approximate surface area is 105 Å². The Bertz CT molecular complexity index is 164. The Morgan fingerprint density at radius 1 is 0.882 bits per heavy atom. The molecule has 104 valence electrons. The molecule has 6 nitrogen and oxygen atoms in total. The van der Waals surface area contributed by atoms with Gasteiger partial charge in [-0.2, -0.15) is 0 Å². The van der Waals surface area contributed by atoms with Gasteiger partial charge < -0.3 is 0 Å². The maximum atomic E-state index is 8.70. The fourth-order valence-electron chi connectivity index (χ4n) is 1.19.